The minimum Gasteiger partial charge on any atom is -0.497 e. The van der Waals surface area contributed by atoms with Crippen molar-refractivity contribution in [3.05, 3.63) is 66.2 Å². The molecule has 8 nitrogen and oxygen atoms in total. The first-order valence-electron chi connectivity index (χ1n) is 10.1. The van der Waals surface area contributed by atoms with Gasteiger partial charge in [0.1, 0.15) is 24.2 Å². The summed E-state index contributed by atoms with van der Waals surface area (Å²) in [6.45, 7) is 4.27. The van der Waals surface area contributed by atoms with Gasteiger partial charge in [-0.3, -0.25) is 9.69 Å². The zero-order valence-electron chi connectivity index (χ0n) is 18.6. The van der Waals surface area contributed by atoms with Crippen molar-refractivity contribution in [3.63, 3.8) is 0 Å². The summed E-state index contributed by atoms with van der Waals surface area (Å²) in [6.07, 6.45) is 3.17. The van der Waals surface area contributed by atoms with Crippen molar-refractivity contribution in [1.82, 2.24) is 25.0 Å². The van der Waals surface area contributed by atoms with E-state index in [1.165, 1.54) is 6.33 Å². The molecule has 0 spiro atoms. The van der Waals surface area contributed by atoms with Gasteiger partial charge in [-0.05, 0) is 56.8 Å². The Morgan fingerprint density at radius 1 is 1.13 bits per heavy atom. The van der Waals surface area contributed by atoms with Crippen molar-refractivity contribution in [2.45, 2.75) is 25.9 Å². The van der Waals surface area contributed by atoms with Crippen molar-refractivity contribution < 1.29 is 14.3 Å². The van der Waals surface area contributed by atoms with E-state index in [4.69, 9.17) is 9.47 Å². The lowest BCUT2D eigenvalue weighted by Crippen LogP contribution is -2.37. The lowest BCUT2D eigenvalue weighted by molar-refractivity contribution is -0.123. The molecule has 0 radical (unpaired) electrons. The number of hydrogen-bond donors (Lipinski definition) is 1. The summed E-state index contributed by atoms with van der Waals surface area (Å²) in [4.78, 5) is 18.7. The molecule has 0 saturated carbocycles. The molecule has 0 aliphatic rings. The first-order valence-corrected chi connectivity index (χ1v) is 10.1. The Balaban J connectivity index is 1.61. The van der Waals surface area contributed by atoms with Gasteiger partial charge < -0.3 is 14.8 Å². The van der Waals surface area contributed by atoms with Crippen LogP contribution >= 0.6 is 0 Å². The molecule has 1 aromatic heterocycles. The molecule has 8 heteroatoms. The first-order chi connectivity index (χ1) is 14.9. The molecule has 1 N–H and O–H groups in total. The molecule has 164 valence electrons. The summed E-state index contributed by atoms with van der Waals surface area (Å²) < 4.78 is 12.4. The molecule has 0 saturated heterocycles. The highest BCUT2D eigenvalue weighted by Gasteiger charge is 2.19. The zero-order chi connectivity index (χ0) is 22.4. The largest absolute Gasteiger partial charge is 0.497 e. The maximum absolute atomic E-state index is 12.7. The van der Waals surface area contributed by atoms with E-state index < -0.39 is 0 Å². The molecule has 1 heterocycles. The van der Waals surface area contributed by atoms with Gasteiger partial charge in [-0.15, -0.1) is 0 Å². The number of hydrogen-bond acceptors (Lipinski definition) is 6. The Kier molecular flexibility index (Phi) is 7.25. The van der Waals surface area contributed by atoms with Crippen LogP contribution in [0.5, 0.6) is 11.5 Å². The molecule has 0 bridgehead atoms. The van der Waals surface area contributed by atoms with E-state index in [2.05, 4.69) is 22.3 Å². The number of carbonyl (C=O) groups excluding carboxylic acids is 1. The fraction of sp³-hybridized carbons (Fsp3) is 0.348. The predicted molar refractivity (Wildman–Crippen MR) is 119 cm³/mol. The number of amides is 1. The van der Waals surface area contributed by atoms with Crippen LogP contribution in [0.15, 0.2) is 55.1 Å². The van der Waals surface area contributed by atoms with Gasteiger partial charge in [0.05, 0.1) is 32.5 Å². The summed E-state index contributed by atoms with van der Waals surface area (Å²) >= 11 is 0. The van der Waals surface area contributed by atoms with E-state index in [0.29, 0.717) is 5.75 Å². The van der Waals surface area contributed by atoms with Gasteiger partial charge in [0.25, 0.3) is 0 Å². The second-order valence-electron chi connectivity index (χ2n) is 7.42. The predicted octanol–water partition coefficient (Wildman–Crippen LogP) is 3.15. The molecular formula is C23H29N5O3. The van der Waals surface area contributed by atoms with Crippen LogP contribution in [-0.2, 0) is 4.79 Å². The Bertz CT molecular complexity index is 989. The van der Waals surface area contributed by atoms with Crippen molar-refractivity contribution in [2.75, 3.05) is 27.8 Å². The standard InChI is InChI=1S/C23H29N5O3/c1-16(21-12-20(30-4)10-11-22(21)31-5)26-23(29)13-27(3)17(2)18-6-8-19(9-7-18)28-15-24-14-25-28/h6-12,14-17H,13H2,1-5H3,(H,26,29)/t16-,17+/m0/s1. The summed E-state index contributed by atoms with van der Waals surface area (Å²) in [7, 11) is 5.17. The fourth-order valence-corrected chi connectivity index (χ4v) is 3.41. The van der Waals surface area contributed by atoms with E-state index in [1.54, 1.807) is 25.2 Å². The lowest BCUT2D eigenvalue weighted by atomic mass is 10.1. The monoisotopic (exact) mass is 423 g/mol. The summed E-state index contributed by atoms with van der Waals surface area (Å²) in [5.74, 6) is 1.37. The van der Waals surface area contributed by atoms with Crippen LogP contribution in [0.2, 0.25) is 0 Å². The van der Waals surface area contributed by atoms with Gasteiger partial charge in [0.15, 0.2) is 0 Å². The molecule has 2 aromatic carbocycles. The average Bonchev–Trinajstić information content (AvgIpc) is 3.33. The third-order valence-corrected chi connectivity index (χ3v) is 5.39. The smallest absolute Gasteiger partial charge is 0.234 e. The highest BCUT2D eigenvalue weighted by atomic mass is 16.5. The molecule has 0 unspecified atom stereocenters. The molecule has 31 heavy (non-hydrogen) atoms. The number of rotatable bonds is 9. The van der Waals surface area contributed by atoms with Crippen LogP contribution in [0.25, 0.3) is 5.69 Å². The highest BCUT2D eigenvalue weighted by Crippen LogP contribution is 2.29. The number of benzene rings is 2. The van der Waals surface area contributed by atoms with Gasteiger partial charge >= 0.3 is 0 Å². The highest BCUT2D eigenvalue weighted by molar-refractivity contribution is 5.78. The van der Waals surface area contributed by atoms with Gasteiger partial charge in [0, 0.05) is 11.6 Å². The van der Waals surface area contributed by atoms with E-state index in [0.717, 1.165) is 22.6 Å². The minimum atomic E-state index is -0.219. The minimum absolute atomic E-state index is 0.0639. The number of nitrogens with zero attached hydrogens (tertiary/aromatic N) is 4. The second kappa shape index (κ2) is 10.1. The van der Waals surface area contributed by atoms with Gasteiger partial charge in [-0.2, -0.15) is 5.10 Å². The van der Waals surface area contributed by atoms with E-state index in [-0.39, 0.29) is 24.5 Å². The van der Waals surface area contributed by atoms with Crippen LogP contribution in [0.4, 0.5) is 0 Å². The van der Waals surface area contributed by atoms with Crippen LogP contribution in [-0.4, -0.2) is 53.4 Å². The van der Waals surface area contributed by atoms with Crippen LogP contribution in [0, 0.1) is 0 Å². The van der Waals surface area contributed by atoms with Crippen LogP contribution in [0.3, 0.4) is 0 Å². The quantitative estimate of drug-likeness (QED) is 0.569. The molecule has 2 atom stereocenters. The molecular weight excluding hydrogens is 394 g/mol. The summed E-state index contributed by atoms with van der Waals surface area (Å²) in [5.41, 5.74) is 2.92. The molecule has 3 aromatic rings. The SMILES string of the molecule is COc1ccc(OC)c([C@H](C)NC(=O)CN(C)[C@H](C)c2ccc(-n3cncn3)cc2)c1. The van der Waals surface area contributed by atoms with Gasteiger partial charge in [-0.1, -0.05) is 12.1 Å². The number of nitrogens with one attached hydrogen (secondary N) is 1. The zero-order valence-corrected chi connectivity index (χ0v) is 18.6. The molecule has 1 amide bonds. The van der Waals surface area contributed by atoms with E-state index in [1.807, 2.05) is 61.3 Å². The summed E-state index contributed by atoms with van der Waals surface area (Å²) in [6, 6.07) is 13.5. The molecule has 0 aliphatic heterocycles. The van der Waals surface area contributed by atoms with Gasteiger partial charge in [0.2, 0.25) is 5.91 Å². The lowest BCUT2D eigenvalue weighted by Gasteiger charge is -2.26. The Hall–Kier alpha value is -3.39. The maximum atomic E-state index is 12.7. The number of methoxy groups -OCH3 is 2. The van der Waals surface area contributed by atoms with Crippen molar-refractivity contribution in [2.24, 2.45) is 0 Å². The number of carbonyl (C=O) groups is 1. The van der Waals surface area contributed by atoms with Crippen LogP contribution < -0.4 is 14.8 Å². The maximum Gasteiger partial charge on any atom is 0.234 e. The Labute approximate surface area is 182 Å². The van der Waals surface area contributed by atoms with Crippen LogP contribution in [0.1, 0.15) is 37.1 Å². The van der Waals surface area contributed by atoms with E-state index >= 15 is 0 Å². The van der Waals surface area contributed by atoms with Gasteiger partial charge in [-0.25, -0.2) is 9.67 Å². The average molecular weight is 424 g/mol. The summed E-state index contributed by atoms with van der Waals surface area (Å²) in [5, 5.41) is 7.19. The second-order valence-corrected chi connectivity index (χ2v) is 7.42. The number of ether oxygens (including phenoxy) is 2. The molecule has 0 fully saturated rings. The normalized spacial score (nSPS) is 13.0. The third-order valence-electron chi connectivity index (χ3n) is 5.39. The third kappa shape index (κ3) is 5.40. The van der Waals surface area contributed by atoms with Crippen molar-refractivity contribution >= 4 is 5.91 Å². The Morgan fingerprint density at radius 2 is 1.87 bits per heavy atom. The number of aromatic nitrogens is 3. The molecule has 3 rings (SSSR count). The first kappa shape index (κ1) is 22.3. The Morgan fingerprint density at radius 3 is 2.48 bits per heavy atom. The van der Waals surface area contributed by atoms with Crippen molar-refractivity contribution in [3.8, 4) is 17.2 Å². The van der Waals surface area contributed by atoms with Crippen molar-refractivity contribution in [1.29, 1.82) is 0 Å². The molecule has 0 aliphatic carbocycles. The fourth-order valence-electron chi connectivity index (χ4n) is 3.41. The van der Waals surface area contributed by atoms with E-state index in [9.17, 15) is 4.79 Å². The topological polar surface area (TPSA) is 81.5 Å². The number of likely N-dealkylation sites (N-methyl/N-ethyl adjacent to an activating group) is 1.